The lowest BCUT2D eigenvalue weighted by molar-refractivity contribution is 0.104. The van der Waals surface area contributed by atoms with Crippen LogP contribution in [0.3, 0.4) is 0 Å². The van der Waals surface area contributed by atoms with Crippen LogP contribution in [-0.4, -0.2) is 66.8 Å². The Hall–Kier alpha value is -2.51. The maximum atomic E-state index is 13.3. The Kier molecular flexibility index (Phi) is 5.34. The Morgan fingerprint density at radius 2 is 2.03 bits per heavy atom. The highest BCUT2D eigenvalue weighted by molar-refractivity contribution is 5.76. The topological polar surface area (TPSA) is 72.6 Å². The Morgan fingerprint density at radius 1 is 1.12 bits per heavy atom. The first-order chi connectivity index (χ1) is 16.1. The highest BCUT2D eigenvalue weighted by atomic mass is 16.5. The molecule has 7 nitrogen and oxygen atoms in total. The first-order valence-electron chi connectivity index (χ1n) is 12.5. The number of rotatable bonds is 3. The minimum atomic E-state index is 0.162. The van der Waals surface area contributed by atoms with Crippen LogP contribution in [-0.2, 0) is 17.7 Å². The zero-order valence-electron chi connectivity index (χ0n) is 19.7. The maximum Gasteiger partial charge on any atom is 0.320 e. The number of anilines is 1. The van der Waals surface area contributed by atoms with E-state index in [9.17, 15) is 4.79 Å². The van der Waals surface area contributed by atoms with E-state index in [1.807, 2.05) is 9.80 Å². The molecule has 3 atom stereocenters. The Bertz CT molecular complexity index is 1060. The van der Waals surface area contributed by atoms with Crippen LogP contribution in [0.5, 0.6) is 0 Å². The van der Waals surface area contributed by atoms with Gasteiger partial charge in [-0.25, -0.2) is 4.79 Å². The van der Waals surface area contributed by atoms with Crippen molar-refractivity contribution < 1.29 is 9.53 Å². The van der Waals surface area contributed by atoms with Crippen molar-refractivity contribution in [3.05, 3.63) is 40.5 Å². The summed E-state index contributed by atoms with van der Waals surface area (Å²) in [4.78, 5) is 20.9. The standard InChI is InChI=1S/C26H35N5O2/c1-16-13-28-25-20(16)12-24(29-25)18-10-17-5-8-31(26(32)30-9-6-19(14-30)33-2)15-22(17)21(11-18)23-4-3-7-27-23/h10-12,16,19,23,27-29H,3-9,13-15H2,1-2H3/t16?,19-,23+/m1/s1. The average molecular weight is 450 g/mol. The second-order valence-electron chi connectivity index (χ2n) is 10.2. The fourth-order valence-corrected chi connectivity index (χ4v) is 6.10. The maximum absolute atomic E-state index is 13.3. The SMILES string of the molecule is CO[C@@H]1CCN(C(=O)N2CCc3cc(-c4cc5c([nH]4)NCC5C)cc([C@@H]4CCCN4)c3C2)C1. The number of aromatic amines is 1. The minimum Gasteiger partial charge on any atom is -0.380 e. The summed E-state index contributed by atoms with van der Waals surface area (Å²) in [6.07, 6.45) is 4.38. The van der Waals surface area contributed by atoms with Crippen molar-refractivity contribution in [2.45, 2.75) is 57.2 Å². The Morgan fingerprint density at radius 3 is 2.79 bits per heavy atom. The molecule has 2 amide bonds. The minimum absolute atomic E-state index is 0.162. The Labute approximate surface area is 195 Å². The number of likely N-dealkylation sites (tertiary alicyclic amines) is 1. The number of hydrogen-bond donors (Lipinski definition) is 3. The van der Waals surface area contributed by atoms with E-state index in [0.29, 0.717) is 25.0 Å². The molecule has 176 valence electrons. The van der Waals surface area contributed by atoms with E-state index in [1.165, 1.54) is 45.7 Å². The van der Waals surface area contributed by atoms with Crippen molar-refractivity contribution in [2.75, 3.05) is 45.2 Å². The summed E-state index contributed by atoms with van der Waals surface area (Å²) in [5.41, 5.74) is 7.98. The molecule has 0 radical (unpaired) electrons. The molecule has 33 heavy (non-hydrogen) atoms. The van der Waals surface area contributed by atoms with Crippen molar-refractivity contribution in [3.8, 4) is 11.3 Å². The van der Waals surface area contributed by atoms with Gasteiger partial charge < -0.3 is 30.2 Å². The van der Waals surface area contributed by atoms with E-state index in [2.05, 4.69) is 40.7 Å². The second kappa shape index (κ2) is 8.37. The molecule has 6 rings (SSSR count). The van der Waals surface area contributed by atoms with Gasteiger partial charge in [-0.05, 0) is 78.2 Å². The molecule has 4 aliphatic heterocycles. The van der Waals surface area contributed by atoms with Gasteiger partial charge in [0.2, 0.25) is 0 Å². The third-order valence-electron chi connectivity index (χ3n) is 8.11. The van der Waals surface area contributed by atoms with E-state index in [1.54, 1.807) is 7.11 Å². The number of hydrogen-bond acceptors (Lipinski definition) is 4. The molecule has 0 saturated carbocycles. The number of carbonyl (C=O) groups is 1. The number of urea groups is 1. The summed E-state index contributed by atoms with van der Waals surface area (Å²) in [5, 5.41) is 7.21. The van der Waals surface area contributed by atoms with E-state index >= 15 is 0 Å². The fraction of sp³-hybridized carbons (Fsp3) is 0.577. The molecule has 0 spiro atoms. The zero-order valence-corrected chi connectivity index (χ0v) is 19.7. The number of amides is 2. The van der Waals surface area contributed by atoms with Crippen LogP contribution in [0.1, 0.15) is 60.4 Å². The van der Waals surface area contributed by atoms with Gasteiger partial charge in [-0.2, -0.15) is 0 Å². The number of methoxy groups -OCH3 is 1. The Balaban J connectivity index is 1.31. The van der Waals surface area contributed by atoms with Gasteiger partial charge in [0.05, 0.1) is 6.10 Å². The monoisotopic (exact) mass is 449 g/mol. The molecular formula is C26H35N5O2. The van der Waals surface area contributed by atoms with Crippen LogP contribution in [0.4, 0.5) is 10.6 Å². The molecule has 4 aliphatic rings. The summed E-state index contributed by atoms with van der Waals surface area (Å²) >= 11 is 0. The molecule has 0 aliphatic carbocycles. The lowest BCUT2D eigenvalue weighted by Crippen LogP contribution is -2.45. The van der Waals surface area contributed by atoms with E-state index < -0.39 is 0 Å². The van der Waals surface area contributed by atoms with Gasteiger partial charge in [-0.1, -0.05) is 6.92 Å². The summed E-state index contributed by atoms with van der Waals surface area (Å²) in [5.74, 6) is 1.72. The predicted octanol–water partition coefficient (Wildman–Crippen LogP) is 3.83. The molecule has 2 aromatic rings. The van der Waals surface area contributed by atoms with Gasteiger partial charge in [0.15, 0.2) is 0 Å². The summed E-state index contributed by atoms with van der Waals surface area (Å²) in [6, 6.07) is 7.59. The number of H-pyrrole nitrogens is 1. The molecule has 1 unspecified atom stereocenters. The highest BCUT2D eigenvalue weighted by Crippen LogP contribution is 2.39. The summed E-state index contributed by atoms with van der Waals surface area (Å²) in [7, 11) is 1.74. The van der Waals surface area contributed by atoms with Crippen LogP contribution in [0, 0.1) is 0 Å². The van der Waals surface area contributed by atoms with Crippen LogP contribution in [0.25, 0.3) is 11.3 Å². The van der Waals surface area contributed by atoms with Crippen molar-refractivity contribution in [1.82, 2.24) is 20.1 Å². The molecule has 1 aromatic carbocycles. The molecule has 7 heteroatoms. The van der Waals surface area contributed by atoms with Crippen LogP contribution in [0.2, 0.25) is 0 Å². The van der Waals surface area contributed by atoms with Gasteiger partial charge >= 0.3 is 6.03 Å². The van der Waals surface area contributed by atoms with E-state index in [4.69, 9.17) is 4.74 Å². The van der Waals surface area contributed by atoms with Gasteiger partial charge in [0, 0.05) is 57.5 Å². The third kappa shape index (κ3) is 3.71. The molecule has 2 fully saturated rings. The number of ether oxygens (including phenoxy) is 1. The number of carbonyl (C=O) groups excluding carboxylic acids is 1. The molecule has 1 aromatic heterocycles. The first kappa shape index (κ1) is 21.1. The highest BCUT2D eigenvalue weighted by Gasteiger charge is 2.33. The van der Waals surface area contributed by atoms with Crippen LogP contribution >= 0.6 is 0 Å². The predicted molar refractivity (Wildman–Crippen MR) is 130 cm³/mol. The fourth-order valence-electron chi connectivity index (χ4n) is 6.10. The number of benzene rings is 1. The van der Waals surface area contributed by atoms with E-state index in [0.717, 1.165) is 45.4 Å². The first-order valence-corrected chi connectivity index (χ1v) is 12.5. The number of aromatic nitrogens is 1. The van der Waals surface area contributed by atoms with Crippen molar-refractivity contribution in [3.63, 3.8) is 0 Å². The summed E-state index contributed by atoms with van der Waals surface area (Å²) < 4.78 is 5.48. The zero-order chi connectivity index (χ0) is 22.5. The largest absolute Gasteiger partial charge is 0.380 e. The van der Waals surface area contributed by atoms with Gasteiger partial charge in [0.25, 0.3) is 0 Å². The van der Waals surface area contributed by atoms with Crippen molar-refractivity contribution in [2.24, 2.45) is 0 Å². The molecule has 3 N–H and O–H groups in total. The number of nitrogens with one attached hydrogen (secondary N) is 3. The second-order valence-corrected chi connectivity index (χ2v) is 10.2. The quantitative estimate of drug-likeness (QED) is 0.666. The van der Waals surface area contributed by atoms with Crippen LogP contribution in [0.15, 0.2) is 18.2 Å². The van der Waals surface area contributed by atoms with Gasteiger partial charge in [-0.15, -0.1) is 0 Å². The normalized spacial score (nSPS) is 26.4. The van der Waals surface area contributed by atoms with Gasteiger partial charge in [0.1, 0.15) is 5.82 Å². The third-order valence-corrected chi connectivity index (χ3v) is 8.11. The molecule has 5 heterocycles. The molecule has 2 saturated heterocycles. The lowest BCUT2D eigenvalue weighted by atomic mass is 9.88. The molecular weight excluding hydrogens is 414 g/mol. The van der Waals surface area contributed by atoms with Gasteiger partial charge in [-0.3, -0.25) is 0 Å². The van der Waals surface area contributed by atoms with Crippen molar-refractivity contribution in [1.29, 1.82) is 0 Å². The average Bonchev–Trinajstić information content (AvgIpc) is 3.64. The smallest absolute Gasteiger partial charge is 0.320 e. The van der Waals surface area contributed by atoms with Crippen molar-refractivity contribution >= 4 is 11.8 Å². The van der Waals surface area contributed by atoms with Crippen LogP contribution < -0.4 is 10.6 Å². The number of fused-ring (bicyclic) bond motifs is 2. The lowest BCUT2D eigenvalue weighted by Gasteiger charge is -2.34. The molecule has 0 bridgehead atoms. The van der Waals surface area contributed by atoms with E-state index in [-0.39, 0.29) is 12.1 Å². The number of nitrogens with zero attached hydrogens (tertiary/aromatic N) is 2. The summed E-state index contributed by atoms with van der Waals surface area (Å²) in [6.45, 7) is 7.33.